The van der Waals surface area contributed by atoms with E-state index in [-0.39, 0.29) is 5.56 Å². The molecule has 0 aliphatic heterocycles. The van der Waals surface area contributed by atoms with Crippen LogP contribution in [0.25, 0.3) is 20.7 Å². The molecule has 2 aromatic heterocycles. The highest BCUT2D eigenvalue weighted by atomic mass is 32.1. The Morgan fingerprint density at radius 1 is 1.00 bits per heavy atom. The molecule has 146 valence electrons. The minimum atomic E-state index is -0.512. The zero-order valence-corrected chi connectivity index (χ0v) is 16.9. The van der Waals surface area contributed by atoms with Crippen LogP contribution in [0.2, 0.25) is 0 Å². The lowest BCUT2D eigenvalue weighted by Crippen LogP contribution is -2.22. The number of aromatic nitrogens is 1. The molecule has 0 unspecified atom stereocenters. The minimum Gasteiger partial charge on any atom is -0.497 e. The minimum absolute atomic E-state index is 0.235. The van der Waals surface area contributed by atoms with Crippen molar-refractivity contribution in [2.75, 3.05) is 14.2 Å². The van der Waals surface area contributed by atoms with E-state index in [1.54, 1.807) is 11.7 Å². The first kappa shape index (κ1) is 19.0. The lowest BCUT2D eigenvalue weighted by molar-refractivity contribution is 0.0603. The highest BCUT2D eigenvalue weighted by Crippen LogP contribution is 2.36. The number of benzene rings is 2. The lowest BCUT2D eigenvalue weighted by atomic mass is 10.1. The van der Waals surface area contributed by atoms with E-state index in [4.69, 9.17) is 9.47 Å². The fraction of sp³-hybridized carbons (Fsp3) is 0.130. The number of hydrogen-bond acceptors (Lipinski definition) is 5. The molecule has 0 spiro atoms. The van der Waals surface area contributed by atoms with Crippen LogP contribution in [-0.2, 0) is 11.3 Å². The van der Waals surface area contributed by atoms with Gasteiger partial charge in [-0.2, -0.15) is 0 Å². The predicted molar refractivity (Wildman–Crippen MR) is 115 cm³/mol. The van der Waals surface area contributed by atoms with E-state index in [1.165, 1.54) is 24.5 Å². The van der Waals surface area contributed by atoms with Crippen molar-refractivity contribution in [3.8, 4) is 16.2 Å². The third-order valence-electron chi connectivity index (χ3n) is 4.75. The lowest BCUT2D eigenvalue weighted by Gasteiger charge is -2.10. The third kappa shape index (κ3) is 3.67. The molecule has 4 rings (SSSR count). The average Bonchev–Trinajstić information content (AvgIpc) is 3.21. The second kappa shape index (κ2) is 7.93. The van der Waals surface area contributed by atoms with Crippen molar-refractivity contribution in [3.05, 3.63) is 88.2 Å². The molecule has 0 aliphatic carbocycles. The van der Waals surface area contributed by atoms with Crippen molar-refractivity contribution in [1.29, 1.82) is 0 Å². The summed E-state index contributed by atoms with van der Waals surface area (Å²) in [6.07, 6.45) is 0. The Morgan fingerprint density at radius 2 is 1.72 bits per heavy atom. The second-order valence-electron chi connectivity index (χ2n) is 6.51. The van der Waals surface area contributed by atoms with Crippen molar-refractivity contribution >= 4 is 27.5 Å². The first-order valence-corrected chi connectivity index (χ1v) is 9.86. The van der Waals surface area contributed by atoms with Crippen LogP contribution in [0, 0.1) is 0 Å². The van der Waals surface area contributed by atoms with E-state index in [9.17, 15) is 9.59 Å². The standard InChI is InChI=1S/C23H19NO4S/c1-27-17-10-8-16(9-11-17)20-13-19-22(29-20)18(23(26)28-2)12-21(25)24(19)14-15-6-4-3-5-7-15/h3-13H,14H2,1-2H3. The van der Waals surface area contributed by atoms with Gasteiger partial charge in [0.25, 0.3) is 5.56 Å². The molecule has 29 heavy (non-hydrogen) atoms. The van der Waals surface area contributed by atoms with Gasteiger partial charge in [0.15, 0.2) is 0 Å². The average molecular weight is 405 g/mol. The van der Waals surface area contributed by atoms with Crippen LogP contribution in [0.3, 0.4) is 0 Å². The maximum absolute atomic E-state index is 12.9. The number of ether oxygens (including phenoxy) is 2. The first-order chi connectivity index (χ1) is 14.1. The summed E-state index contributed by atoms with van der Waals surface area (Å²) in [7, 11) is 2.95. The normalized spacial score (nSPS) is 10.8. The fourth-order valence-electron chi connectivity index (χ4n) is 3.25. The number of fused-ring (bicyclic) bond motifs is 1. The van der Waals surface area contributed by atoms with Crippen molar-refractivity contribution in [2.24, 2.45) is 0 Å². The van der Waals surface area contributed by atoms with Gasteiger partial charge in [-0.3, -0.25) is 4.79 Å². The zero-order chi connectivity index (χ0) is 20.4. The van der Waals surface area contributed by atoms with Crippen molar-refractivity contribution < 1.29 is 14.3 Å². The number of hydrogen-bond donors (Lipinski definition) is 0. The van der Waals surface area contributed by atoms with Crippen LogP contribution in [0.4, 0.5) is 0 Å². The predicted octanol–water partition coefficient (Wildman–Crippen LogP) is 4.57. The number of pyridine rings is 1. The number of nitrogens with zero attached hydrogens (tertiary/aromatic N) is 1. The topological polar surface area (TPSA) is 57.5 Å². The molecule has 5 nitrogen and oxygen atoms in total. The van der Waals surface area contributed by atoms with Gasteiger partial charge in [-0.25, -0.2) is 4.79 Å². The molecular weight excluding hydrogens is 386 g/mol. The van der Waals surface area contributed by atoms with E-state index >= 15 is 0 Å². The van der Waals surface area contributed by atoms with E-state index in [0.717, 1.165) is 32.0 Å². The second-order valence-corrected chi connectivity index (χ2v) is 7.57. The van der Waals surface area contributed by atoms with Crippen molar-refractivity contribution in [3.63, 3.8) is 0 Å². The quantitative estimate of drug-likeness (QED) is 0.456. The number of carbonyl (C=O) groups is 1. The van der Waals surface area contributed by atoms with E-state index in [2.05, 4.69) is 0 Å². The number of rotatable bonds is 5. The molecule has 0 fully saturated rings. The molecule has 0 saturated heterocycles. The number of carbonyl (C=O) groups excluding carboxylic acids is 1. The maximum atomic E-state index is 12.9. The number of thiophene rings is 1. The van der Waals surface area contributed by atoms with Crippen LogP contribution in [0.15, 0.2) is 71.5 Å². The highest BCUT2D eigenvalue weighted by Gasteiger charge is 2.19. The summed E-state index contributed by atoms with van der Waals surface area (Å²) < 4.78 is 12.6. The molecule has 4 aromatic rings. The summed E-state index contributed by atoms with van der Waals surface area (Å²) in [5.74, 6) is 0.258. The van der Waals surface area contributed by atoms with Gasteiger partial charge in [-0.05, 0) is 41.5 Å². The molecule has 2 heterocycles. The summed E-state index contributed by atoms with van der Waals surface area (Å²) >= 11 is 1.47. The van der Waals surface area contributed by atoms with Crippen LogP contribution in [0.1, 0.15) is 15.9 Å². The van der Waals surface area contributed by atoms with Gasteiger partial charge in [0.1, 0.15) is 5.75 Å². The largest absolute Gasteiger partial charge is 0.497 e. The summed E-state index contributed by atoms with van der Waals surface area (Å²) in [6, 6.07) is 20.8. The summed E-state index contributed by atoms with van der Waals surface area (Å²) in [6.45, 7) is 0.427. The molecule has 0 saturated carbocycles. The Kier molecular flexibility index (Phi) is 5.18. The SMILES string of the molecule is COC(=O)c1cc(=O)n(Cc2ccccc2)c2cc(-c3ccc(OC)cc3)sc12. The molecule has 0 radical (unpaired) electrons. The van der Waals surface area contributed by atoms with Gasteiger partial charge >= 0.3 is 5.97 Å². The molecule has 6 heteroatoms. The maximum Gasteiger partial charge on any atom is 0.339 e. The Bertz CT molecular complexity index is 1220. The summed E-state index contributed by atoms with van der Waals surface area (Å²) in [5.41, 5.74) is 2.78. The van der Waals surface area contributed by atoms with E-state index < -0.39 is 5.97 Å². The molecule has 0 bridgehead atoms. The van der Waals surface area contributed by atoms with Gasteiger partial charge in [-0.1, -0.05) is 30.3 Å². The van der Waals surface area contributed by atoms with E-state index in [0.29, 0.717) is 12.1 Å². The number of esters is 1. The van der Waals surface area contributed by atoms with Crippen LogP contribution in [0.5, 0.6) is 5.75 Å². The van der Waals surface area contributed by atoms with Crippen LogP contribution < -0.4 is 10.3 Å². The van der Waals surface area contributed by atoms with Gasteiger partial charge in [0, 0.05) is 10.9 Å². The van der Waals surface area contributed by atoms with Gasteiger partial charge < -0.3 is 14.0 Å². The zero-order valence-electron chi connectivity index (χ0n) is 16.0. The van der Waals surface area contributed by atoms with Crippen LogP contribution in [-0.4, -0.2) is 24.8 Å². The third-order valence-corrected chi connectivity index (χ3v) is 5.95. The van der Waals surface area contributed by atoms with Gasteiger partial charge in [-0.15, -0.1) is 11.3 Å². The molecule has 0 N–H and O–H groups in total. The summed E-state index contributed by atoms with van der Waals surface area (Å²) in [5, 5.41) is 0. The smallest absolute Gasteiger partial charge is 0.339 e. The monoisotopic (exact) mass is 405 g/mol. The summed E-state index contributed by atoms with van der Waals surface area (Å²) in [4.78, 5) is 26.1. The Labute approximate surface area is 171 Å². The van der Waals surface area contributed by atoms with Crippen LogP contribution >= 0.6 is 11.3 Å². The molecule has 2 aromatic carbocycles. The highest BCUT2D eigenvalue weighted by molar-refractivity contribution is 7.22. The van der Waals surface area contributed by atoms with Crippen molar-refractivity contribution in [2.45, 2.75) is 6.54 Å². The Hall–Kier alpha value is -3.38. The molecule has 0 amide bonds. The Balaban J connectivity index is 1.91. The molecule has 0 aliphatic rings. The molecular formula is C23H19NO4S. The molecule has 0 atom stereocenters. The number of methoxy groups -OCH3 is 2. The fourth-order valence-corrected chi connectivity index (χ4v) is 4.42. The van der Waals surface area contributed by atoms with E-state index in [1.807, 2.05) is 60.7 Å². The van der Waals surface area contributed by atoms with Gasteiger partial charge in [0.05, 0.1) is 36.5 Å². The van der Waals surface area contributed by atoms with Crippen molar-refractivity contribution in [1.82, 2.24) is 4.57 Å². The Morgan fingerprint density at radius 3 is 2.38 bits per heavy atom. The van der Waals surface area contributed by atoms with Gasteiger partial charge in [0.2, 0.25) is 0 Å². The first-order valence-electron chi connectivity index (χ1n) is 9.04.